The Balaban J connectivity index is 2.09. The van der Waals surface area contributed by atoms with Crippen molar-refractivity contribution in [3.05, 3.63) is 65.4 Å². The molecule has 0 aliphatic rings. The van der Waals surface area contributed by atoms with Gasteiger partial charge < -0.3 is 9.15 Å². The van der Waals surface area contributed by atoms with E-state index in [0.29, 0.717) is 11.3 Å². The maximum atomic E-state index is 13.0. The van der Waals surface area contributed by atoms with E-state index in [1.54, 1.807) is 31.4 Å². The number of benzene rings is 2. The van der Waals surface area contributed by atoms with Crippen LogP contribution in [0.1, 0.15) is 21.7 Å². The summed E-state index contributed by atoms with van der Waals surface area (Å²) < 4.78 is 11.1. The van der Waals surface area contributed by atoms with Crippen LogP contribution in [-0.4, -0.2) is 21.0 Å². The molecule has 0 bridgehead atoms. The lowest BCUT2D eigenvalue weighted by molar-refractivity contribution is 0.101. The summed E-state index contributed by atoms with van der Waals surface area (Å²) in [5, 5.41) is 1.05. The summed E-state index contributed by atoms with van der Waals surface area (Å²) in [5.74, 6) is 1.14. The van der Waals surface area contributed by atoms with Gasteiger partial charge in [0.25, 0.3) is 0 Å². The summed E-state index contributed by atoms with van der Waals surface area (Å²) in [6.45, 7) is 6.91. The Hall–Kier alpha value is -2.33. The summed E-state index contributed by atoms with van der Waals surface area (Å²) >= 11 is 0. The topological polar surface area (TPSA) is 39.4 Å². The molecule has 2 aromatic carbocycles. The predicted octanol–water partition coefficient (Wildman–Crippen LogP) is 5.09. The summed E-state index contributed by atoms with van der Waals surface area (Å²) in [5.41, 5.74) is 2.44. The molecule has 24 heavy (non-hydrogen) atoms. The van der Waals surface area contributed by atoms with E-state index >= 15 is 0 Å². The first-order valence-corrected chi connectivity index (χ1v) is 11.8. The van der Waals surface area contributed by atoms with Gasteiger partial charge in [-0.25, -0.2) is 0 Å². The van der Waals surface area contributed by atoms with E-state index in [4.69, 9.17) is 9.15 Å². The highest BCUT2D eigenvalue weighted by atomic mass is 28.3. The van der Waals surface area contributed by atoms with Crippen molar-refractivity contribution in [1.82, 2.24) is 0 Å². The van der Waals surface area contributed by atoms with E-state index in [2.05, 4.69) is 19.6 Å². The SMILES string of the molecule is COc1ccc(C(=O)c2oc3ccccc3c2C[Si](C)(C)C)cc1. The summed E-state index contributed by atoms with van der Waals surface area (Å²) in [7, 11) is 0.209. The lowest BCUT2D eigenvalue weighted by Crippen LogP contribution is -2.25. The molecule has 0 amide bonds. The number of furan rings is 1. The molecule has 0 saturated heterocycles. The first-order chi connectivity index (χ1) is 11.4. The van der Waals surface area contributed by atoms with Crippen LogP contribution >= 0.6 is 0 Å². The molecule has 0 fully saturated rings. The smallest absolute Gasteiger partial charge is 0.228 e. The number of hydrogen-bond donors (Lipinski definition) is 0. The summed E-state index contributed by atoms with van der Waals surface area (Å²) in [6.07, 6.45) is 0. The van der Waals surface area contributed by atoms with Crippen LogP contribution < -0.4 is 4.74 Å². The van der Waals surface area contributed by atoms with Gasteiger partial charge in [0.1, 0.15) is 11.3 Å². The summed E-state index contributed by atoms with van der Waals surface area (Å²) in [4.78, 5) is 13.0. The Morgan fingerprint density at radius 2 is 1.71 bits per heavy atom. The van der Waals surface area contributed by atoms with Gasteiger partial charge in [-0.3, -0.25) is 4.79 Å². The average molecular weight is 338 g/mol. The number of methoxy groups -OCH3 is 1. The highest BCUT2D eigenvalue weighted by Gasteiger charge is 2.26. The molecule has 3 aromatic rings. The minimum Gasteiger partial charge on any atom is -0.497 e. The number of carbonyl (C=O) groups is 1. The lowest BCUT2D eigenvalue weighted by atomic mass is 10.0. The Bertz CT molecular complexity index is 870. The molecule has 0 atom stereocenters. The molecule has 0 aliphatic heterocycles. The molecule has 3 rings (SSSR count). The van der Waals surface area contributed by atoms with Crippen LogP contribution in [-0.2, 0) is 6.04 Å². The Morgan fingerprint density at radius 3 is 2.33 bits per heavy atom. The van der Waals surface area contributed by atoms with Crippen molar-refractivity contribution in [3.63, 3.8) is 0 Å². The fourth-order valence-corrected chi connectivity index (χ4v) is 4.27. The highest BCUT2D eigenvalue weighted by molar-refractivity contribution is 6.75. The number of ether oxygens (including phenoxy) is 1. The normalized spacial score (nSPS) is 11.7. The van der Waals surface area contributed by atoms with Gasteiger partial charge in [0.05, 0.1) is 7.11 Å². The minimum absolute atomic E-state index is 0.0675. The van der Waals surface area contributed by atoms with Crippen molar-refractivity contribution in [2.24, 2.45) is 0 Å². The van der Waals surface area contributed by atoms with E-state index in [1.807, 2.05) is 24.3 Å². The second-order valence-corrected chi connectivity index (χ2v) is 12.7. The van der Waals surface area contributed by atoms with Crippen molar-refractivity contribution in [2.75, 3.05) is 7.11 Å². The number of hydrogen-bond acceptors (Lipinski definition) is 3. The Labute approximate surface area is 143 Å². The van der Waals surface area contributed by atoms with Gasteiger partial charge >= 0.3 is 0 Å². The van der Waals surface area contributed by atoms with Crippen molar-refractivity contribution < 1.29 is 13.9 Å². The zero-order valence-corrected chi connectivity index (χ0v) is 15.6. The van der Waals surface area contributed by atoms with E-state index in [9.17, 15) is 4.79 Å². The monoisotopic (exact) mass is 338 g/mol. The fraction of sp³-hybridized carbons (Fsp3) is 0.250. The molecule has 1 heterocycles. The zero-order chi connectivity index (χ0) is 17.3. The molecular weight excluding hydrogens is 316 g/mol. The number of fused-ring (bicyclic) bond motifs is 1. The van der Waals surface area contributed by atoms with Crippen LogP contribution in [0.15, 0.2) is 52.9 Å². The third-order valence-corrected chi connectivity index (χ3v) is 5.38. The zero-order valence-electron chi connectivity index (χ0n) is 14.6. The van der Waals surface area contributed by atoms with E-state index < -0.39 is 8.07 Å². The van der Waals surface area contributed by atoms with E-state index in [1.165, 1.54) is 0 Å². The van der Waals surface area contributed by atoms with E-state index in [0.717, 1.165) is 28.3 Å². The largest absolute Gasteiger partial charge is 0.497 e. The fourth-order valence-electron chi connectivity index (χ4n) is 2.86. The van der Waals surface area contributed by atoms with Crippen molar-refractivity contribution in [2.45, 2.75) is 25.7 Å². The maximum absolute atomic E-state index is 13.0. The van der Waals surface area contributed by atoms with Gasteiger partial charge in [-0.1, -0.05) is 37.8 Å². The van der Waals surface area contributed by atoms with Crippen molar-refractivity contribution in [3.8, 4) is 5.75 Å². The molecule has 0 unspecified atom stereocenters. The predicted molar refractivity (Wildman–Crippen MR) is 99.7 cm³/mol. The molecule has 3 nitrogen and oxygen atoms in total. The molecule has 124 valence electrons. The van der Waals surface area contributed by atoms with Crippen molar-refractivity contribution >= 4 is 24.8 Å². The number of rotatable bonds is 5. The van der Waals surface area contributed by atoms with Gasteiger partial charge in [-0.05, 0) is 36.4 Å². The van der Waals surface area contributed by atoms with Crippen LogP contribution in [0.2, 0.25) is 19.6 Å². The highest BCUT2D eigenvalue weighted by Crippen LogP contribution is 2.30. The number of carbonyl (C=O) groups excluding carboxylic acids is 1. The first kappa shape index (κ1) is 16.5. The minimum atomic E-state index is -1.40. The van der Waals surface area contributed by atoms with E-state index in [-0.39, 0.29) is 5.78 Å². The van der Waals surface area contributed by atoms with Crippen LogP contribution in [0.5, 0.6) is 5.75 Å². The first-order valence-electron chi connectivity index (χ1n) is 8.08. The molecule has 4 heteroatoms. The molecule has 0 saturated carbocycles. The Kier molecular flexibility index (Phi) is 4.33. The van der Waals surface area contributed by atoms with Gasteiger partial charge in [0.15, 0.2) is 5.76 Å². The molecule has 0 aliphatic carbocycles. The van der Waals surface area contributed by atoms with Gasteiger partial charge in [-0.2, -0.15) is 0 Å². The molecule has 0 radical (unpaired) electrons. The third-order valence-electron chi connectivity index (χ3n) is 3.96. The quantitative estimate of drug-likeness (QED) is 0.480. The Morgan fingerprint density at radius 1 is 1.04 bits per heavy atom. The van der Waals surface area contributed by atoms with Gasteiger partial charge in [0.2, 0.25) is 5.78 Å². The molecule has 1 aromatic heterocycles. The lowest BCUT2D eigenvalue weighted by Gasteiger charge is -2.15. The van der Waals surface area contributed by atoms with Crippen LogP contribution in [0, 0.1) is 0 Å². The van der Waals surface area contributed by atoms with Crippen LogP contribution in [0.3, 0.4) is 0 Å². The summed E-state index contributed by atoms with van der Waals surface area (Å²) in [6, 6.07) is 16.0. The number of para-hydroxylation sites is 1. The van der Waals surface area contributed by atoms with Crippen LogP contribution in [0.4, 0.5) is 0 Å². The van der Waals surface area contributed by atoms with Crippen LogP contribution in [0.25, 0.3) is 11.0 Å². The second kappa shape index (κ2) is 6.28. The van der Waals surface area contributed by atoms with Gasteiger partial charge in [-0.15, -0.1) is 0 Å². The van der Waals surface area contributed by atoms with Crippen molar-refractivity contribution in [1.29, 1.82) is 0 Å². The molecular formula is C20H22O3Si. The standard InChI is InChI=1S/C20H22O3Si/c1-22-15-11-9-14(10-12-15)19(21)20-17(13-24(2,3)4)16-7-5-6-8-18(16)23-20/h5-12H,13H2,1-4H3. The molecule has 0 spiro atoms. The average Bonchev–Trinajstić information content (AvgIpc) is 2.91. The second-order valence-electron chi connectivity index (χ2n) is 7.20. The van der Waals surface area contributed by atoms with Gasteiger partial charge in [0, 0.05) is 24.6 Å². The third kappa shape index (κ3) is 3.29. The molecule has 0 N–H and O–H groups in total. The maximum Gasteiger partial charge on any atom is 0.228 e. The number of ketones is 1.